The normalized spacial score (nSPS) is 13.6. The van der Waals surface area contributed by atoms with Crippen LogP contribution in [0.3, 0.4) is 0 Å². The van der Waals surface area contributed by atoms with Crippen molar-refractivity contribution in [1.82, 2.24) is 0 Å². The summed E-state index contributed by atoms with van der Waals surface area (Å²) < 4.78 is 16.3. The average molecular weight is 284 g/mol. The van der Waals surface area contributed by atoms with Gasteiger partial charge in [-0.25, -0.2) is 4.79 Å². The molecule has 2 atom stereocenters. The van der Waals surface area contributed by atoms with E-state index >= 15 is 0 Å². The van der Waals surface area contributed by atoms with E-state index in [2.05, 4.69) is 5.32 Å². The molecular formula is C13H20N2O3S. The lowest BCUT2D eigenvalue weighted by atomic mass is 10.1. The minimum Gasteiger partial charge on any atom is -0.462 e. The first-order chi connectivity index (χ1) is 8.95. The molecule has 3 N–H and O–H groups in total. The van der Waals surface area contributed by atoms with Gasteiger partial charge < -0.3 is 15.8 Å². The van der Waals surface area contributed by atoms with Gasteiger partial charge in [0.2, 0.25) is 0 Å². The van der Waals surface area contributed by atoms with Crippen molar-refractivity contribution in [2.75, 3.05) is 30.5 Å². The Morgan fingerprint density at radius 1 is 1.53 bits per heavy atom. The molecule has 6 heteroatoms. The van der Waals surface area contributed by atoms with Gasteiger partial charge in [0.05, 0.1) is 12.2 Å². The Kier molecular flexibility index (Phi) is 5.82. The Balaban J connectivity index is 2.87. The van der Waals surface area contributed by atoms with E-state index < -0.39 is 16.8 Å². The number of nitrogens with one attached hydrogen (secondary N) is 1. The van der Waals surface area contributed by atoms with E-state index in [0.29, 0.717) is 30.1 Å². The van der Waals surface area contributed by atoms with E-state index in [1.54, 1.807) is 31.4 Å². The number of carbonyl (C=O) groups excluding carboxylic acids is 1. The summed E-state index contributed by atoms with van der Waals surface area (Å²) in [6.07, 6.45) is 1.65. The van der Waals surface area contributed by atoms with Crippen LogP contribution < -0.4 is 11.1 Å². The molecule has 0 saturated carbocycles. The summed E-state index contributed by atoms with van der Waals surface area (Å²) in [7, 11) is -0.912. The van der Waals surface area contributed by atoms with E-state index in [0.717, 1.165) is 0 Å². The van der Waals surface area contributed by atoms with Gasteiger partial charge in [0.25, 0.3) is 0 Å². The van der Waals surface area contributed by atoms with Crippen molar-refractivity contribution in [2.24, 2.45) is 0 Å². The minimum absolute atomic E-state index is 0.00685. The summed E-state index contributed by atoms with van der Waals surface area (Å²) in [6, 6.07) is 5.01. The van der Waals surface area contributed by atoms with Gasteiger partial charge in [-0.05, 0) is 32.0 Å². The second kappa shape index (κ2) is 7.13. The Bertz CT molecular complexity index is 477. The van der Waals surface area contributed by atoms with Crippen LogP contribution in [-0.2, 0) is 15.5 Å². The molecule has 0 fully saturated rings. The molecule has 19 heavy (non-hydrogen) atoms. The standard InChI is InChI=1S/C13H20N2O3S/c1-4-18-13(16)11-7-10(14)5-6-12(11)15-8-9(2)19(3)17/h5-7,9,15H,4,8,14H2,1-3H3. The number of carbonyl (C=O) groups is 1. The molecule has 1 aromatic carbocycles. The fourth-order valence-corrected chi connectivity index (χ4v) is 1.78. The Morgan fingerprint density at radius 3 is 2.79 bits per heavy atom. The number of hydrogen-bond acceptors (Lipinski definition) is 5. The first kappa shape index (κ1) is 15.5. The first-order valence-electron chi connectivity index (χ1n) is 6.08. The van der Waals surface area contributed by atoms with Crippen LogP contribution in [0.5, 0.6) is 0 Å². The number of nitrogen functional groups attached to an aromatic ring is 1. The summed E-state index contributed by atoms with van der Waals surface area (Å²) in [6.45, 7) is 4.45. The van der Waals surface area contributed by atoms with Crippen molar-refractivity contribution in [3.63, 3.8) is 0 Å². The van der Waals surface area contributed by atoms with Crippen LogP contribution in [0.25, 0.3) is 0 Å². The maximum absolute atomic E-state index is 11.8. The lowest BCUT2D eigenvalue weighted by Crippen LogP contribution is -2.22. The zero-order valence-electron chi connectivity index (χ0n) is 11.4. The summed E-state index contributed by atoms with van der Waals surface area (Å²) in [5, 5.41) is 3.10. The molecule has 0 aliphatic carbocycles. The Labute approximate surface area is 116 Å². The number of nitrogens with two attached hydrogens (primary N) is 1. The molecule has 0 aromatic heterocycles. The van der Waals surface area contributed by atoms with Crippen molar-refractivity contribution < 1.29 is 13.7 Å². The molecule has 5 nitrogen and oxygen atoms in total. The maximum atomic E-state index is 11.8. The molecule has 0 radical (unpaired) electrons. The summed E-state index contributed by atoms with van der Waals surface area (Å²) >= 11 is 0. The third kappa shape index (κ3) is 4.55. The molecule has 0 aliphatic heterocycles. The summed E-state index contributed by atoms with van der Waals surface area (Å²) in [5.41, 5.74) is 7.22. The van der Waals surface area contributed by atoms with Crippen molar-refractivity contribution in [3.05, 3.63) is 23.8 Å². The average Bonchev–Trinajstić information content (AvgIpc) is 2.36. The number of hydrogen-bond donors (Lipinski definition) is 2. The number of esters is 1. The van der Waals surface area contributed by atoms with Gasteiger partial charge in [-0.3, -0.25) is 4.21 Å². The van der Waals surface area contributed by atoms with Gasteiger partial charge in [0.15, 0.2) is 0 Å². The molecule has 0 spiro atoms. The van der Waals surface area contributed by atoms with Gasteiger partial charge >= 0.3 is 5.97 Å². The Hall–Kier alpha value is -1.56. The van der Waals surface area contributed by atoms with E-state index in [9.17, 15) is 9.00 Å². The van der Waals surface area contributed by atoms with Crippen LogP contribution in [-0.4, -0.2) is 34.8 Å². The SMILES string of the molecule is CCOC(=O)c1cc(N)ccc1NCC(C)S(C)=O. The lowest BCUT2D eigenvalue weighted by molar-refractivity contribution is 0.0527. The second-order valence-electron chi connectivity index (χ2n) is 4.22. The predicted octanol–water partition coefficient (Wildman–Crippen LogP) is 1.62. The smallest absolute Gasteiger partial charge is 0.340 e. The van der Waals surface area contributed by atoms with Crippen molar-refractivity contribution in [2.45, 2.75) is 19.1 Å². The van der Waals surface area contributed by atoms with E-state index in [1.165, 1.54) is 0 Å². The molecule has 2 unspecified atom stereocenters. The monoisotopic (exact) mass is 284 g/mol. The number of benzene rings is 1. The quantitative estimate of drug-likeness (QED) is 0.613. The Morgan fingerprint density at radius 2 is 2.21 bits per heavy atom. The van der Waals surface area contributed by atoms with Gasteiger partial charge in [-0.15, -0.1) is 0 Å². The minimum atomic E-state index is -0.912. The van der Waals surface area contributed by atoms with Crippen LogP contribution in [0.1, 0.15) is 24.2 Å². The van der Waals surface area contributed by atoms with Gasteiger partial charge in [-0.1, -0.05) is 0 Å². The maximum Gasteiger partial charge on any atom is 0.340 e. The van der Waals surface area contributed by atoms with Crippen LogP contribution in [0.15, 0.2) is 18.2 Å². The third-order valence-corrected chi connectivity index (χ3v) is 3.99. The molecule has 0 saturated heterocycles. The number of rotatable bonds is 6. The van der Waals surface area contributed by atoms with Gasteiger partial charge in [-0.2, -0.15) is 0 Å². The lowest BCUT2D eigenvalue weighted by Gasteiger charge is -2.14. The third-order valence-electron chi connectivity index (χ3n) is 2.69. The topological polar surface area (TPSA) is 81.4 Å². The zero-order valence-corrected chi connectivity index (χ0v) is 12.3. The molecule has 1 aromatic rings. The predicted molar refractivity (Wildman–Crippen MR) is 78.8 cm³/mol. The van der Waals surface area contributed by atoms with Crippen molar-refractivity contribution in [1.29, 1.82) is 0 Å². The highest BCUT2D eigenvalue weighted by atomic mass is 32.2. The van der Waals surface area contributed by atoms with Crippen LogP contribution >= 0.6 is 0 Å². The first-order valence-corrected chi connectivity index (χ1v) is 7.70. The highest BCUT2D eigenvalue weighted by molar-refractivity contribution is 7.84. The molecule has 0 aliphatic rings. The van der Waals surface area contributed by atoms with Crippen molar-refractivity contribution in [3.8, 4) is 0 Å². The van der Waals surface area contributed by atoms with E-state index in [4.69, 9.17) is 10.5 Å². The van der Waals surface area contributed by atoms with E-state index in [-0.39, 0.29) is 5.25 Å². The van der Waals surface area contributed by atoms with Crippen LogP contribution in [0, 0.1) is 0 Å². The molecular weight excluding hydrogens is 264 g/mol. The fraction of sp³-hybridized carbons (Fsp3) is 0.462. The summed E-state index contributed by atoms with van der Waals surface area (Å²) in [4.78, 5) is 11.8. The number of ether oxygens (including phenoxy) is 1. The highest BCUT2D eigenvalue weighted by Crippen LogP contribution is 2.20. The molecule has 1 rings (SSSR count). The van der Waals surface area contributed by atoms with Crippen LogP contribution in [0.4, 0.5) is 11.4 Å². The van der Waals surface area contributed by atoms with Crippen molar-refractivity contribution >= 4 is 28.1 Å². The number of anilines is 2. The van der Waals surface area contributed by atoms with Gasteiger partial charge in [0, 0.05) is 40.2 Å². The van der Waals surface area contributed by atoms with E-state index in [1.807, 2.05) is 6.92 Å². The van der Waals surface area contributed by atoms with Gasteiger partial charge in [0.1, 0.15) is 0 Å². The highest BCUT2D eigenvalue weighted by Gasteiger charge is 2.14. The zero-order chi connectivity index (χ0) is 14.4. The summed E-state index contributed by atoms with van der Waals surface area (Å²) in [5.74, 6) is -0.414. The molecule has 106 valence electrons. The molecule has 0 bridgehead atoms. The van der Waals surface area contributed by atoms with Crippen LogP contribution in [0.2, 0.25) is 0 Å². The largest absolute Gasteiger partial charge is 0.462 e. The fourth-order valence-electron chi connectivity index (χ4n) is 1.46. The molecule has 0 heterocycles. The second-order valence-corrected chi connectivity index (χ2v) is 6.02. The molecule has 0 amide bonds.